The van der Waals surface area contributed by atoms with Gasteiger partial charge in [-0.25, -0.2) is 0 Å². The van der Waals surface area contributed by atoms with E-state index in [1.165, 1.54) is 11.8 Å². The van der Waals surface area contributed by atoms with E-state index in [2.05, 4.69) is 21.6 Å². The molecule has 1 atom stereocenters. The molecule has 0 saturated carbocycles. The van der Waals surface area contributed by atoms with Gasteiger partial charge in [0, 0.05) is 17.3 Å². The zero-order valence-corrected chi connectivity index (χ0v) is 16.5. The number of amides is 1. The number of anilines is 1. The van der Waals surface area contributed by atoms with E-state index in [1.54, 1.807) is 25.1 Å². The Morgan fingerprint density at radius 1 is 1.07 bits per heavy atom. The fraction of sp³-hybridized carbons (Fsp3) is 0.250. The first-order valence-electron chi connectivity index (χ1n) is 8.77. The van der Waals surface area contributed by atoms with Crippen molar-refractivity contribution in [3.63, 3.8) is 0 Å². The molecule has 0 saturated heterocycles. The summed E-state index contributed by atoms with van der Waals surface area (Å²) in [5.74, 6) is 1.56. The number of rotatable bonds is 5. The predicted octanol–water partition coefficient (Wildman–Crippen LogP) is 4.20. The molecule has 7 nitrogen and oxygen atoms in total. The lowest BCUT2D eigenvalue weighted by molar-refractivity contribution is -0.115. The first kappa shape index (κ1) is 18.4. The van der Waals surface area contributed by atoms with Crippen molar-refractivity contribution in [2.24, 2.45) is 0 Å². The van der Waals surface area contributed by atoms with Gasteiger partial charge >= 0.3 is 0 Å². The molecule has 0 spiro atoms. The molecule has 4 rings (SSSR count). The van der Waals surface area contributed by atoms with Crippen LogP contribution in [-0.4, -0.2) is 28.1 Å². The number of nitrogens with one attached hydrogen (secondary N) is 1. The van der Waals surface area contributed by atoms with Crippen LogP contribution in [0.2, 0.25) is 0 Å². The molecule has 1 aliphatic heterocycles. The summed E-state index contributed by atoms with van der Waals surface area (Å²) in [5.41, 5.74) is 3.76. The number of fused-ring (bicyclic) bond motifs is 1. The topological polar surface area (TPSA) is 86.5 Å². The molecule has 3 aromatic rings. The Labute approximate surface area is 166 Å². The molecule has 0 fully saturated rings. The van der Waals surface area contributed by atoms with Crippen molar-refractivity contribution in [1.29, 1.82) is 0 Å². The first-order chi connectivity index (χ1) is 13.5. The molecule has 1 N–H and O–H groups in total. The molecule has 0 aliphatic carbocycles. The van der Waals surface area contributed by atoms with Crippen LogP contribution in [0.3, 0.4) is 0 Å². The van der Waals surface area contributed by atoms with Crippen LogP contribution < -0.4 is 14.8 Å². The molecule has 8 heteroatoms. The van der Waals surface area contributed by atoms with E-state index in [9.17, 15) is 4.79 Å². The summed E-state index contributed by atoms with van der Waals surface area (Å²) in [6, 6.07) is 11.3. The molecule has 2 aromatic carbocycles. The highest BCUT2D eigenvalue weighted by Gasteiger charge is 2.20. The zero-order chi connectivity index (χ0) is 19.7. The summed E-state index contributed by atoms with van der Waals surface area (Å²) < 4.78 is 16.3. The van der Waals surface area contributed by atoms with Crippen LogP contribution in [0.15, 0.2) is 46.0 Å². The summed E-state index contributed by atoms with van der Waals surface area (Å²) in [6.07, 6.45) is 0. The van der Waals surface area contributed by atoms with Crippen molar-refractivity contribution in [2.45, 2.75) is 31.2 Å². The first-order valence-corrected chi connectivity index (χ1v) is 9.65. The average molecular weight is 397 g/mol. The zero-order valence-electron chi connectivity index (χ0n) is 15.7. The minimum Gasteiger partial charge on any atom is -0.454 e. The number of aryl methyl sites for hydroxylation is 2. The van der Waals surface area contributed by atoms with Gasteiger partial charge in [0.2, 0.25) is 18.6 Å². The van der Waals surface area contributed by atoms with Crippen LogP contribution in [0.25, 0.3) is 11.5 Å². The van der Waals surface area contributed by atoms with Crippen molar-refractivity contribution in [1.82, 2.24) is 10.2 Å². The van der Waals surface area contributed by atoms with Crippen LogP contribution in [-0.2, 0) is 4.79 Å². The highest BCUT2D eigenvalue weighted by atomic mass is 32.2. The van der Waals surface area contributed by atoms with Crippen molar-refractivity contribution in [2.75, 3.05) is 12.1 Å². The largest absolute Gasteiger partial charge is 0.454 e. The molecule has 0 bridgehead atoms. The number of carbonyl (C=O) groups is 1. The molecule has 1 aromatic heterocycles. The van der Waals surface area contributed by atoms with Gasteiger partial charge in [-0.1, -0.05) is 29.0 Å². The van der Waals surface area contributed by atoms with E-state index >= 15 is 0 Å². The average Bonchev–Trinajstić information content (AvgIpc) is 3.29. The SMILES string of the molecule is Cc1cc(C)cc(-c2nnc(S[C@H](C)C(=O)Nc3ccc4c(c3)OCO4)o2)c1. The number of ether oxygens (including phenoxy) is 2. The maximum atomic E-state index is 12.5. The minimum absolute atomic E-state index is 0.171. The Balaban J connectivity index is 1.41. The van der Waals surface area contributed by atoms with Gasteiger partial charge in [-0.05, 0) is 45.0 Å². The van der Waals surface area contributed by atoms with Crippen LogP contribution in [0.4, 0.5) is 5.69 Å². The summed E-state index contributed by atoms with van der Waals surface area (Å²) in [4.78, 5) is 12.5. The van der Waals surface area contributed by atoms with E-state index in [-0.39, 0.29) is 12.7 Å². The van der Waals surface area contributed by atoms with Crippen LogP contribution in [0.5, 0.6) is 11.5 Å². The van der Waals surface area contributed by atoms with Gasteiger partial charge in [-0.3, -0.25) is 4.79 Å². The van der Waals surface area contributed by atoms with E-state index in [0.717, 1.165) is 16.7 Å². The summed E-state index contributed by atoms with van der Waals surface area (Å²) in [6.45, 7) is 6.02. The highest BCUT2D eigenvalue weighted by Crippen LogP contribution is 2.34. The molecular formula is C20H19N3O4S. The van der Waals surface area contributed by atoms with E-state index in [0.29, 0.717) is 28.3 Å². The summed E-state index contributed by atoms with van der Waals surface area (Å²) in [5, 5.41) is 11.0. The fourth-order valence-corrected chi connectivity index (χ4v) is 3.58. The molecular weight excluding hydrogens is 378 g/mol. The monoisotopic (exact) mass is 397 g/mol. The van der Waals surface area contributed by atoms with Crippen molar-refractivity contribution in [3.8, 4) is 23.0 Å². The third kappa shape index (κ3) is 3.96. The molecule has 144 valence electrons. The van der Waals surface area contributed by atoms with Gasteiger partial charge < -0.3 is 19.2 Å². The Hall–Kier alpha value is -3.00. The Kier molecular flexibility index (Phi) is 4.95. The second-order valence-corrected chi connectivity index (χ2v) is 7.86. The van der Waals surface area contributed by atoms with Gasteiger partial charge in [-0.15, -0.1) is 10.2 Å². The number of nitrogens with zero attached hydrogens (tertiary/aromatic N) is 2. The number of hydrogen-bond donors (Lipinski definition) is 1. The Morgan fingerprint density at radius 3 is 2.61 bits per heavy atom. The van der Waals surface area contributed by atoms with Crippen LogP contribution in [0.1, 0.15) is 18.1 Å². The highest BCUT2D eigenvalue weighted by molar-refractivity contribution is 8.00. The standard InChI is InChI=1S/C20H19N3O4S/c1-11-6-12(2)8-14(7-11)19-22-23-20(27-19)28-13(3)18(24)21-15-4-5-16-17(9-15)26-10-25-16/h4-9,13H,10H2,1-3H3,(H,21,24)/t13-/m1/s1. The molecule has 1 aliphatic rings. The third-order valence-electron chi connectivity index (χ3n) is 4.16. The number of thioether (sulfide) groups is 1. The van der Waals surface area contributed by atoms with Gasteiger partial charge in [0.1, 0.15) is 0 Å². The number of benzene rings is 2. The lowest BCUT2D eigenvalue weighted by Gasteiger charge is -2.10. The van der Waals surface area contributed by atoms with Gasteiger partial charge in [0.15, 0.2) is 11.5 Å². The van der Waals surface area contributed by atoms with Gasteiger partial charge in [-0.2, -0.15) is 0 Å². The third-order valence-corrected chi connectivity index (χ3v) is 5.10. The second-order valence-electron chi connectivity index (χ2n) is 6.57. The number of carbonyl (C=O) groups excluding carboxylic acids is 1. The maximum absolute atomic E-state index is 12.5. The molecule has 2 heterocycles. The molecule has 28 heavy (non-hydrogen) atoms. The van der Waals surface area contributed by atoms with Gasteiger partial charge in [0.25, 0.3) is 5.22 Å². The van der Waals surface area contributed by atoms with Crippen LogP contribution >= 0.6 is 11.8 Å². The molecule has 1 amide bonds. The summed E-state index contributed by atoms with van der Waals surface area (Å²) in [7, 11) is 0. The second kappa shape index (κ2) is 7.55. The minimum atomic E-state index is -0.419. The Morgan fingerprint density at radius 2 is 1.82 bits per heavy atom. The van der Waals surface area contributed by atoms with Crippen molar-refractivity contribution < 1.29 is 18.7 Å². The molecule has 0 radical (unpaired) electrons. The predicted molar refractivity (Wildman–Crippen MR) is 106 cm³/mol. The number of aromatic nitrogens is 2. The van der Waals surface area contributed by atoms with E-state index < -0.39 is 5.25 Å². The maximum Gasteiger partial charge on any atom is 0.277 e. The lowest BCUT2D eigenvalue weighted by atomic mass is 10.1. The summed E-state index contributed by atoms with van der Waals surface area (Å²) >= 11 is 1.21. The van der Waals surface area contributed by atoms with E-state index in [1.807, 2.05) is 26.0 Å². The van der Waals surface area contributed by atoms with Crippen LogP contribution in [0, 0.1) is 13.8 Å². The smallest absolute Gasteiger partial charge is 0.277 e. The molecule has 0 unspecified atom stereocenters. The quantitative estimate of drug-likeness (QED) is 0.646. The lowest BCUT2D eigenvalue weighted by Crippen LogP contribution is -2.22. The van der Waals surface area contributed by atoms with Gasteiger partial charge in [0.05, 0.1) is 5.25 Å². The van der Waals surface area contributed by atoms with Crippen molar-refractivity contribution in [3.05, 3.63) is 47.5 Å². The number of hydrogen-bond acceptors (Lipinski definition) is 7. The van der Waals surface area contributed by atoms with E-state index in [4.69, 9.17) is 13.9 Å². The Bertz CT molecular complexity index is 1010. The normalized spacial score (nSPS) is 13.4. The fourth-order valence-electron chi connectivity index (χ4n) is 2.90. The van der Waals surface area contributed by atoms with Crippen molar-refractivity contribution >= 4 is 23.4 Å².